The van der Waals surface area contributed by atoms with Gasteiger partial charge in [-0.05, 0) is 36.6 Å². The SMILES string of the molecule is CCn1c(=O)c2c(c3ccccc31)OC(O)C(c1ccccc1)C2Cc1ccccc1. The highest BCUT2D eigenvalue weighted by molar-refractivity contribution is 5.87. The Hall–Kier alpha value is -3.37. The Morgan fingerprint density at radius 3 is 2.26 bits per heavy atom. The van der Waals surface area contributed by atoms with Crippen LogP contribution in [0.2, 0.25) is 0 Å². The topological polar surface area (TPSA) is 51.5 Å². The van der Waals surface area contributed by atoms with Crippen LogP contribution in [0, 0.1) is 0 Å². The van der Waals surface area contributed by atoms with Crippen LogP contribution in [0.3, 0.4) is 0 Å². The summed E-state index contributed by atoms with van der Waals surface area (Å²) in [5.41, 5.74) is 3.55. The van der Waals surface area contributed by atoms with Crippen LogP contribution in [-0.2, 0) is 13.0 Å². The molecule has 3 aromatic carbocycles. The van der Waals surface area contributed by atoms with Gasteiger partial charge in [0.15, 0.2) is 0 Å². The third-order valence-corrected chi connectivity index (χ3v) is 6.31. The van der Waals surface area contributed by atoms with E-state index in [4.69, 9.17) is 4.74 Å². The first-order chi connectivity index (χ1) is 15.2. The van der Waals surface area contributed by atoms with Crippen LogP contribution >= 0.6 is 0 Å². The molecule has 0 bridgehead atoms. The lowest BCUT2D eigenvalue weighted by atomic mass is 9.75. The highest BCUT2D eigenvalue weighted by atomic mass is 16.6. The highest BCUT2D eigenvalue weighted by Crippen LogP contribution is 2.47. The minimum Gasteiger partial charge on any atom is -0.463 e. The van der Waals surface area contributed by atoms with Gasteiger partial charge in [0, 0.05) is 17.8 Å². The molecule has 1 aliphatic rings. The minimum absolute atomic E-state index is 0.0371. The number of benzene rings is 3. The summed E-state index contributed by atoms with van der Waals surface area (Å²) in [6.45, 7) is 2.56. The lowest BCUT2D eigenvalue weighted by molar-refractivity contribution is -0.0559. The molecule has 1 aromatic heterocycles. The number of aliphatic hydroxyl groups excluding tert-OH is 1. The van der Waals surface area contributed by atoms with Gasteiger partial charge in [0.25, 0.3) is 5.56 Å². The van der Waals surface area contributed by atoms with Crippen molar-refractivity contribution in [3.63, 3.8) is 0 Å². The van der Waals surface area contributed by atoms with Crippen molar-refractivity contribution in [2.45, 2.75) is 38.0 Å². The molecule has 1 aliphatic heterocycles. The fourth-order valence-corrected chi connectivity index (χ4v) is 4.91. The summed E-state index contributed by atoms with van der Waals surface area (Å²) in [5.74, 6) is -0.0301. The number of hydrogen-bond acceptors (Lipinski definition) is 3. The Bertz CT molecular complexity index is 1260. The van der Waals surface area contributed by atoms with E-state index in [-0.39, 0.29) is 17.4 Å². The second-order valence-electron chi connectivity index (χ2n) is 8.05. The van der Waals surface area contributed by atoms with Crippen molar-refractivity contribution < 1.29 is 9.84 Å². The second kappa shape index (κ2) is 8.05. The Labute approximate surface area is 181 Å². The first kappa shape index (κ1) is 19.6. The van der Waals surface area contributed by atoms with Gasteiger partial charge in [-0.25, -0.2) is 0 Å². The van der Waals surface area contributed by atoms with Gasteiger partial charge in [0.1, 0.15) is 5.75 Å². The molecule has 0 fully saturated rings. The maximum Gasteiger partial charge on any atom is 0.258 e. The number of aryl methyl sites for hydroxylation is 1. The lowest BCUT2D eigenvalue weighted by Crippen LogP contribution is -2.40. The monoisotopic (exact) mass is 411 g/mol. The minimum atomic E-state index is -1.04. The summed E-state index contributed by atoms with van der Waals surface area (Å²) in [6.07, 6.45) is -0.394. The van der Waals surface area contributed by atoms with E-state index in [0.717, 1.165) is 22.0 Å². The van der Waals surface area contributed by atoms with Gasteiger partial charge in [-0.15, -0.1) is 0 Å². The van der Waals surface area contributed by atoms with Crippen molar-refractivity contribution in [3.8, 4) is 5.75 Å². The van der Waals surface area contributed by atoms with E-state index in [1.54, 1.807) is 0 Å². The van der Waals surface area contributed by atoms with Crippen molar-refractivity contribution in [3.05, 3.63) is 112 Å². The van der Waals surface area contributed by atoms with Crippen molar-refractivity contribution in [1.29, 1.82) is 0 Å². The van der Waals surface area contributed by atoms with E-state index in [1.165, 1.54) is 0 Å². The molecule has 0 aliphatic carbocycles. The average Bonchev–Trinajstić information content (AvgIpc) is 2.80. The average molecular weight is 412 g/mol. The van der Waals surface area contributed by atoms with Crippen LogP contribution in [0.5, 0.6) is 5.75 Å². The first-order valence-electron chi connectivity index (χ1n) is 10.8. The molecule has 156 valence electrons. The van der Waals surface area contributed by atoms with Gasteiger partial charge in [0.05, 0.1) is 17.0 Å². The zero-order chi connectivity index (χ0) is 21.4. The van der Waals surface area contributed by atoms with Crippen LogP contribution in [-0.4, -0.2) is 16.0 Å². The van der Waals surface area contributed by atoms with Crippen molar-refractivity contribution in [2.75, 3.05) is 0 Å². The maximum atomic E-state index is 13.7. The van der Waals surface area contributed by atoms with E-state index in [2.05, 4.69) is 12.1 Å². The number of para-hydroxylation sites is 1. The Kier molecular flexibility index (Phi) is 5.08. The number of fused-ring (bicyclic) bond motifs is 3. The van der Waals surface area contributed by atoms with Crippen LogP contribution in [0.1, 0.15) is 35.4 Å². The molecule has 31 heavy (non-hydrogen) atoms. The highest BCUT2D eigenvalue weighted by Gasteiger charge is 2.41. The molecule has 4 heteroatoms. The summed E-state index contributed by atoms with van der Waals surface area (Å²) >= 11 is 0. The van der Waals surface area contributed by atoms with Gasteiger partial charge < -0.3 is 14.4 Å². The third kappa shape index (κ3) is 3.33. The molecule has 0 amide bonds. The van der Waals surface area contributed by atoms with Crippen molar-refractivity contribution in [1.82, 2.24) is 4.57 Å². The lowest BCUT2D eigenvalue weighted by Gasteiger charge is -2.38. The summed E-state index contributed by atoms with van der Waals surface area (Å²) in [6, 6.07) is 27.8. The van der Waals surface area contributed by atoms with Gasteiger partial charge in [-0.2, -0.15) is 0 Å². The molecule has 4 aromatic rings. The molecule has 0 saturated carbocycles. The molecule has 2 heterocycles. The van der Waals surface area contributed by atoms with E-state index in [0.29, 0.717) is 24.3 Å². The van der Waals surface area contributed by atoms with Crippen molar-refractivity contribution >= 4 is 10.9 Å². The smallest absolute Gasteiger partial charge is 0.258 e. The largest absolute Gasteiger partial charge is 0.463 e. The van der Waals surface area contributed by atoms with Gasteiger partial charge in [-0.3, -0.25) is 4.79 Å². The van der Waals surface area contributed by atoms with E-state index in [9.17, 15) is 9.90 Å². The molecule has 0 saturated heterocycles. The van der Waals surface area contributed by atoms with Crippen LogP contribution in [0.25, 0.3) is 10.9 Å². The number of aromatic nitrogens is 1. The number of aliphatic hydroxyl groups is 1. The Morgan fingerprint density at radius 2 is 1.55 bits per heavy atom. The summed E-state index contributed by atoms with van der Waals surface area (Å²) in [7, 11) is 0. The second-order valence-corrected chi connectivity index (χ2v) is 8.05. The van der Waals surface area contributed by atoms with E-state index in [1.807, 2.05) is 84.3 Å². The maximum absolute atomic E-state index is 13.7. The molecule has 4 nitrogen and oxygen atoms in total. The molecular formula is C27H25NO3. The van der Waals surface area contributed by atoms with Crippen molar-refractivity contribution in [2.24, 2.45) is 0 Å². The van der Waals surface area contributed by atoms with Crippen LogP contribution in [0.15, 0.2) is 89.7 Å². The number of pyridine rings is 1. The summed E-state index contributed by atoms with van der Waals surface area (Å²) in [5, 5.41) is 12.0. The number of rotatable bonds is 4. The Balaban J connectivity index is 1.78. The summed E-state index contributed by atoms with van der Waals surface area (Å²) in [4.78, 5) is 13.7. The van der Waals surface area contributed by atoms with E-state index >= 15 is 0 Å². The first-order valence-corrected chi connectivity index (χ1v) is 10.8. The molecular weight excluding hydrogens is 386 g/mol. The quantitative estimate of drug-likeness (QED) is 0.523. The molecule has 5 rings (SSSR count). The molecule has 0 radical (unpaired) electrons. The zero-order valence-corrected chi connectivity index (χ0v) is 17.4. The normalized spacial score (nSPS) is 20.3. The van der Waals surface area contributed by atoms with Crippen LogP contribution in [0.4, 0.5) is 0 Å². The number of ether oxygens (including phenoxy) is 1. The van der Waals surface area contributed by atoms with Gasteiger partial charge in [-0.1, -0.05) is 72.8 Å². The predicted molar refractivity (Wildman–Crippen MR) is 123 cm³/mol. The molecule has 3 unspecified atom stereocenters. The zero-order valence-electron chi connectivity index (χ0n) is 17.4. The van der Waals surface area contributed by atoms with Gasteiger partial charge >= 0.3 is 0 Å². The number of nitrogens with zero attached hydrogens (tertiary/aromatic N) is 1. The Morgan fingerprint density at radius 1 is 0.903 bits per heavy atom. The summed E-state index contributed by atoms with van der Waals surface area (Å²) < 4.78 is 7.92. The molecule has 0 spiro atoms. The predicted octanol–water partition coefficient (Wildman–Crippen LogP) is 4.84. The van der Waals surface area contributed by atoms with Crippen LogP contribution < -0.4 is 10.3 Å². The third-order valence-electron chi connectivity index (χ3n) is 6.31. The fraction of sp³-hybridized carbons (Fsp3) is 0.222. The number of hydrogen-bond donors (Lipinski definition) is 1. The molecule has 1 N–H and O–H groups in total. The standard InChI is InChI=1S/C27H25NO3/c1-2-28-22-16-10-9-15-20(22)25-24(26(28)29)21(17-18-11-5-3-6-12-18)23(27(30)31-25)19-13-7-4-8-14-19/h3-16,21,23,27,30H,2,17H2,1H3. The fourth-order valence-electron chi connectivity index (χ4n) is 4.91. The molecule has 3 atom stereocenters. The van der Waals surface area contributed by atoms with E-state index < -0.39 is 6.29 Å². The van der Waals surface area contributed by atoms with Gasteiger partial charge in [0.2, 0.25) is 6.29 Å².